The van der Waals surface area contributed by atoms with Crippen molar-refractivity contribution in [2.75, 3.05) is 6.54 Å². The molecule has 104 valence electrons. The van der Waals surface area contributed by atoms with Crippen molar-refractivity contribution in [3.05, 3.63) is 35.4 Å². The second-order valence-corrected chi connectivity index (χ2v) is 4.77. The molecule has 1 aromatic carbocycles. The minimum atomic E-state index is -1.12. The Morgan fingerprint density at radius 1 is 1.55 bits per heavy atom. The molecule has 1 unspecified atom stereocenters. The number of carbonyl (C=O) groups is 2. The third kappa shape index (κ3) is 2.95. The van der Waals surface area contributed by atoms with Crippen molar-refractivity contribution in [1.29, 1.82) is 5.26 Å². The Kier molecular flexibility index (Phi) is 4.01. The summed E-state index contributed by atoms with van der Waals surface area (Å²) in [5, 5.41) is 27.6. The Labute approximate surface area is 115 Å². The van der Waals surface area contributed by atoms with Crippen LogP contribution < -0.4 is 0 Å². The normalized spacial score (nSPS) is 19.7. The summed E-state index contributed by atoms with van der Waals surface area (Å²) in [7, 11) is 0. The van der Waals surface area contributed by atoms with Gasteiger partial charge in [-0.15, -0.1) is 0 Å². The number of carboxylic acids is 1. The molecular weight excluding hydrogens is 260 g/mol. The zero-order valence-corrected chi connectivity index (χ0v) is 10.7. The fourth-order valence-electron chi connectivity index (χ4n) is 2.34. The molecule has 2 atom stereocenters. The maximum atomic E-state index is 11.7. The van der Waals surface area contributed by atoms with E-state index in [1.165, 1.54) is 4.90 Å². The number of aliphatic carboxylic acids is 1. The standard InChI is InChI=1S/C14H14N2O4/c15-7-10-3-1-2-9(4-10)5-12(14(19)20)16-8-11(17)6-13(16)18/h1-4,11-12,17H,5-6,8H2,(H,19,20)/t11?,12-/m0/s1. The number of nitriles is 1. The van der Waals surface area contributed by atoms with Crippen LogP contribution in [0.15, 0.2) is 24.3 Å². The van der Waals surface area contributed by atoms with Gasteiger partial charge in [0.05, 0.1) is 24.2 Å². The van der Waals surface area contributed by atoms with Gasteiger partial charge in [-0.3, -0.25) is 4.79 Å². The van der Waals surface area contributed by atoms with Crippen LogP contribution in [0.4, 0.5) is 0 Å². The molecule has 0 radical (unpaired) electrons. The Hall–Kier alpha value is -2.39. The first kappa shape index (κ1) is 14.0. The van der Waals surface area contributed by atoms with Crippen LogP contribution in [0.3, 0.4) is 0 Å². The second kappa shape index (κ2) is 5.72. The number of aliphatic hydroxyl groups excluding tert-OH is 1. The van der Waals surface area contributed by atoms with Gasteiger partial charge < -0.3 is 15.1 Å². The van der Waals surface area contributed by atoms with E-state index in [2.05, 4.69) is 0 Å². The summed E-state index contributed by atoms with van der Waals surface area (Å²) in [6.45, 7) is 0.0355. The molecule has 2 N–H and O–H groups in total. The number of nitrogens with zero attached hydrogens (tertiary/aromatic N) is 2. The molecular formula is C14H14N2O4. The van der Waals surface area contributed by atoms with Gasteiger partial charge in [0.25, 0.3) is 0 Å². The molecule has 0 bridgehead atoms. The van der Waals surface area contributed by atoms with E-state index in [4.69, 9.17) is 5.26 Å². The van der Waals surface area contributed by atoms with Crippen molar-refractivity contribution in [3.63, 3.8) is 0 Å². The van der Waals surface area contributed by atoms with Crippen LogP contribution in [-0.4, -0.2) is 45.7 Å². The highest BCUT2D eigenvalue weighted by molar-refractivity contribution is 5.85. The number of carbonyl (C=O) groups excluding carboxylic acids is 1. The van der Waals surface area contributed by atoms with Gasteiger partial charge in [-0.1, -0.05) is 12.1 Å². The Bertz CT molecular complexity index is 579. The van der Waals surface area contributed by atoms with Crippen LogP contribution in [-0.2, 0) is 16.0 Å². The van der Waals surface area contributed by atoms with Crippen molar-refractivity contribution < 1.29 is 19.8 Å². The van der Waals surface area contributed by atoms with Gasteiger partial charge >= 0.3 is 5.97 Å². The highest BCUT2D eigenvalue weighted by Gasteiger charge is 2.36. The summed E-state index contributed by atoms with van der Waals surface area (Å²) < 4.78 is 0. The zero-order valence-electron chi connectivity index (χ0n) is 10.7. The topological polar surface area (TPSA) is 102 Å². The zero-order chi connectivity index (χ0) is 14.7. The highest BCUT2D eigenvalue weighted by Crippen LogP contribution is 2.18. The number of β-amino-alcohol motifs (C(OH)–C–C–N with tert-alkyl or cyclic N) is 1. The first-order valence-corrected chi connectivity index (χ1v) is 6.20. The quantitative estimate of drug-likeness (QED) is 0.813. The third-order valence-corrected chi connectivity index (χ3v) is 3.28. The Morgan fingerprint density at radius 3 is 2.85 bits per heavy atom. The predicted octanol–water partition coefficient (Wildman–Crippen LogP) is 0.147. The third-order valence-electron chi connectivity index (χ3n) is 3.28. The van der Waals surface area contributed by atoms with Crippen molar-refractivity contribution in [1.82, 2.24) is 4.90 Å². The van der Waals surface area contributed by atoms with Gasteiger partial charge in [-0.05, 0) is 17.7 Å². The van der Waals surface area contributed by atoms with Crippen LogP contribution in [0, 0.1) is 11.3 Å². The first-order chi connectivity index (χ1) is 9.51. The van der Waals surface area contributed by atoms with Crippen molar-refractivity contribution in [3.8, 4) is 6.07 Å². The van der Waals surface area contributed by atoms with Crippen LogP contribution in [0.1, 0.15) is 17.5 Å². The fraction of sp³-hybridized carbons (Fsp3) is 0.357. The number of amides is 1. The number of hydrogen-bond donors (Lipinski definition) is 2. The molecule has 0 aromatic heterocycles. The smallest absolute Gasteiger partial charge is 0.326 e. The van der Waals surface area contributed by atoms with Crippen molar-refractivity contribution in [2.45, 2.75) is 25.0 Å². The maximum absolute atomic E-state index is 11.7. The van der Waals surface area contributed by atoms with E-state index >= 15 is 0 Å². The molecule has 6 heteroatoms. The Balaban J connectivity index is 2.20. The lowest BCUT2D eigenvalue weighted by atomic mass is 10.0. The molecule has 0 saturated carbocycles. The fourth-order valence-corrected chi connectivity index (χ4v) is 2.34. The molecule has 1 aliphatic rings. The highest BCUT2D eigenvalue weighted by atomic mass is 16.4. The van der Waals surface area contributed by atoms with Gasteiger partial charge in [-0.25, -0.2) is 4.79 Å². The SMILES string of the molecule is N#Cc1cccc(C[C@@H](C(=O)O)N2CC(O)CC2=O)c1. The molecule has 2 rings (SSSR count). The second-order valence-electron chi connectivity index (χ2n) is 4.77. The summed E-state index contributed by atoms with van der Waals surface area (Å²) >= 11 is 0. The molecule has 1 saturated heterocycles. The van der Waals surface area contributed by atoms with Gasteiger partial charge in [0.15, 0.2) is 0 Å². The van der Waals surface area contributed by atoms with Crippen LogP contribution in [0.5, 0.6) is 0 Å². The molecule has 20 heavy (non-hydrogen) atoms. The number of carboxylic acid groups (broad SMARTS) is 1. The molecule has 6 nitrogen and oxygen atoms in total. The average Bonchev–Trinajstić information content (AvgIpc) is 2.74. The molecule has 1 amide bonds. The molecule has 1 heterocycles. The number of aliphatic hydroxyl groups is 1. The van der Waals surface area contributed by atoms with Gasteiger partial charge in [0.1, 0.15) is 6.04 Å². The summed E-state index contributed by atoms with van der Waals surface area (Å²) in [5.74, 6) is -1.48. The lowest BCUT2D eigenvalue weighted by molar-refractivity contribution is -0.148. The molecule has 1 aromatic rings. The first-order valence-electron chi connectivity index (χ1n) is 6.20. The molecule has 0 spiro atoms. The van der Waals surface area contributed by atoms with E-state index in [1.807, 2.05) is 6.07 Å². The number of hydrogen-bond acceptors (Lipinski definition) is 4. The maximum Gasteiger partial charge on any atom is 0.326 e. The summed E-state index contributed by atoms with van der Waals surface area (Å²) in [4.78, 5) is 24.2. The van der Waals surface area contributed by atoms with E-state index in [0.29, 0.717) is 11.1 Å². The van der Waals surface area contributed by atoms with Crippen LogP contribution in [0.25, 0.3) is 0 Å². The van der Waals surface area contributed by atoms with E-state index in [-0.39, 0.29) is 25.3 Å². The molecule has 0 aliphatic carbocycles. The van der Waals surface area contributed by atoms with Gasteiger partial charge in [0.2, 0.25) is 5.91 Å². The minimum Gasteiger partial charge on any atom is -0.480 e. The van der Waals surface area contributed by atoms with E-state index in [1.54, 1.807) is 24.3 Å². The van der Waals surface area contributed by atoms with E-state index in [0.717, 1.165) is 0 Å². The van der Waals surface area contributed by atoms with E-state index < -0.39 is 18.1 Å². The molecule has 1 fully saturated rings. The van der Waals surface area contributed by atoms with Crippen molar-refractivity contribution >= 4 is 11.9 Å². The number of likely N-dealkylation sites (tertiary alicyclic amines) is 1. The number of benzene rings is 1. The average molecular weight is 274 g/mol. The largest absolute Gasteiger partial charge is 0.480 e. The van der Waals surface area contributed by atoms with Crippen molar-refractivity contribution in [2.24, 2.45) is 0 Å². The van der Waals surface area contributed by atoms with Crippen LogP contribution in [0.2, 0.25) is 0 Å². The van der Waals surface area contributed by atoms with E-state index in [9.17, 15) is 19.8 Å². The van der Waals surface area contributed by atoms with Crippen LogP contribution >= 0.6 is 0 Å². The number of rotatable bonds is 4. The minimum absolute atomic E-state index is 0.0355. The Morgan fingerprint density at radius 2 is 2.30 bits per heavy atom. The van der Waals surface area contributed by atoms with Gasteiger partial charge in [-0.2, -0.15) is 5.26 Å². The summed E-state index contributed by atoms with van der Waals surface area (Å²) in [5.41, 5.74) is 1.12. The molecule has 1 aliphatic heterocycles. The predicted molar refractivity (Wildman–Crippen MR) is 68.6 cm³/mol. The summed E-state index contributed by atoms with van der Waals surface area (Å²) in [6, 6.07) is 7.59. The lowest BCUT2D eigenvalue weighted by Crippen LogP contribution is -2.44. The monoisotopic (exact) mass is 274 g/mol. The van der Waals surface area contributed by atoms with Gasteiger partial charge in [0, 0.05) is 13.0 Å². The summed E-state index contributed by atoms with van der Waals surface area (Å²) in [6.07, 6.45) is -0.736. The lowest BCUT2D eigenvalue weighted by Gasteiger charge is -2.24.